The van der Waals surface area contributed by atoms with Crippen molar-refractivity contribution in [1.82, 2.24) is 19.8 Å². The van der Waals surface area contributed by atoms with Gasteiger partial charge in [0.15, 0.2) is 0 Å². The molecule has 2 N–H and O–H groups in total. The molecule has 2 rings (SSSR count). The van der Waals surface area contributed by atoms with Gasteiger partial charge in [-0.3, -0.25) is 9.48 Å². The van der Waals surface area contributed by atoms with Crippen molar-refractivity contribution in [2.75, 3.05) is 18.6 Å². The number of nitrogens with one attached hydrogen (secondary N) is 2. The van der Waals surface area contributed by atoms with E-state index in [1.807, 2.05) is 37.8 Å². The van der Waals surface area contributed by atoms with Crippen LogP contribution in [0.2, 0.25) is 0 Å². The molecule has 1 aromatic heterocycles. The first kappa shape index (κ1) is 23.4. The summed E-state index contributed by atoms with van der Waals surface area (Å²) in [6, 6.07) is 7.79. The number of amides is 1. The van der Waals surface area contributed by atoms with Gasteiger partial charge < -0.3 is 5.32 Å². The highest BCUT2D eigenvalue weighted by atomic mass is 32.2. The van der Waals surface area contributed by atoms with Gasteiger partial charge in [0.1, 0.15) is 6.04 Å². The van der Waals surface area contributed by atoms with Crippen molar-refractivity contribution in [2.45, 2.75) is 51.1 Å². The molecule has 0 fully saturated rings. The van der Waals surface area contributed by atoms with Crippen molar-refractivity contribution in [2.24, 2.45) is 0 Å². The van der Waals surface area contributed by atoms with Crippen LogP contribution in [0.15, 0.2) is 35.2 Å². The van der Waals surface area contributed by atoms with E-state index in [-0.39, 0.29) is 10.8 Å². The number of carbonyl (C=O) groups is 1. The Labute approximate surface area is 177 Å². The first-order valence-electron chi connectivity index (χ1n) is 9.59. The summed E-state index contributed by atoms with van der Waals surface area (Å²) >= 11 is 1.57. The number of rotatable bonds is 11. The van der Waals surface area contributed by atoms with E-state index in [1.165, 1.54) is 0 Å². The van der Waals surface area contributed by atoms with Crippen LogP contribution in [0.1, 0.15) is 29.8 Å². The molecule has 160 valence electrons. The summed E-state index contributed by atoms with van der Waals surface area (Å²) in [5, 5.41) is 7.26. The van der Waals surface area contributed by atoms with Gasteiger partial charge in [0.2, 0.25) is 15.9 Å². The van der Waals surface area contributed by atoms with Crippen LogP contribution in [0.5, 0.6) is 0 Å². The summed E-state index contributed by atoms with van der Waals surface area (Å²) in [5.74, 6) is 0.378. The summed E-state index contributed by atoms with van der Waals surface area (Å²) in [7, 11) is -3.76. The van der Waals surface area contributed by atoms with Crippen LogP contribution in [-0.2, 0) is 21.4 Å². The summed E-state index contributed by atoms with van der Waals surface area (Å²) < 4.78 is 29.8. The van der Waals surface area contributed by atoms with E-state index in [0.717, 1.165) is 17.0 Å². The summed E-state index contributed by atoms with van der Waals surface area (Å²) in [5.41, 5.74) is 3.02. The van der Waals surface area contributed by atoms with E-state index >= 15 is 0 Å². The predicted molar refractivity (Wildman–Crippen MR) is 118 cm³/mol. The van der Waals surface area contributed by atoms with Gasteiger partial charge in [0.05, 0.1) is 10.6 Å². The van der Waals surface area contributed by atoms with Crippen molar-refractivity contribution in [3.63, 3.8) is 0 Å². The molecule has 0 saturated carbocycles. The van der Waals surface area contributed by atoms with Crippen molar-refractivity contribution < 1.29 is 13.2 Å². The largest absolute Gasteiger partial charge is 0.355 e. The minimum Gasteiger partial charge on any atom is -0.355 e. The summed E-state index contributed by atoms with van der Waals surface area (Å²) in [4.78, 5) is 12.8. The van der Waals surface area contributed by atoms with E-state index in [4.69, 9.17) is 0 Å². The van der Waals surface area contributed by atoms with Crippen LogP contribution in [0.3, 0.4) is 0 Å². The van der Waals surface area contributed by atoms with Gasteiger partial charge in [-0.05, 0) is 63.8 Å². The molecule has 0 aliphatic rings. The van der Waals surface area contributed by atoms with Crippen LogP contribution in [0.4, 0.5) is 0 Å². The monoisotopic (exact) mass is 438 g/mol. The topological polar surface area (TPSA) is 93.1 Å². The van der Waals surface area contributed by atoms with Gasteiger partial charge in [-0.1, -0.05) is 17.7 Å². The molecule has 7 nitrogen and oxygen atoms in total. The molecule has 0 saturated heterocycles. The molecule has 1 heterocycles. The molecule has 0 aliphatic carbocycles. The highest BCUT2D eigenvalue weighted by Gasteiger charge is 2.25. The predicted octanol–water partition coefficient (Wildman–Crippen LogP) is 2.41. The number of hydrogen-bond donors (Lipinski definition) is 2. The zero-order valence-corrected chi connectivity index (χ0v) is 19.1. The molecule has 9 heteroatoms. The number of hydrogen-bond acceptors (Lipinski definition) is 5. The molecular formula is C20H30N4O3S2. The highest BCUT2D eigenvalue weighted by molar-refractivity contribution is 7.98. The fourth-order valence-corrected chi connectivity index (χ4v) is 4.62. The molecule has 29 heavy (non-hydrogen) atoms. The number of aromatic nitrogens is 2. The van der Waals surface area contributed by atoms with Gasteiger partial charge >= 0.3 is 0 Å². The Morgan fingerprint density at radius 2 is 1.90 bits per heavy atom. The van der Waals surface area contributed by atoms with Crippen molar-refractivity contribution in [1.29, 1.82) is 0 Å². The van der Waals surface area contributed by atoms with Gasteiger partial charge in [-0.2, -0.15) is 21.6 Å². The Balaban J connectivity index is 1.94. The quantitative estimate of drug-likeness (QED) is 0.526. The van der Waals surface area contributed by atoms with Gasteiger partial charge in [-0.15, -0.1) is 0 Å². The first-order valence-corrected chi connectivity index (χ1v) is 12.5. The lowest BCUT2D eigenvalue weighted by atomic mass is 10.2. The Kier molecular flexibility index (Phi) is 8.73. The smallest absolute Gasteiger partial charge is 0.241 e. The lowest BCUT2D eigenvalue weighted by Gasteiger charge is -2.18. The van der Waals surface area contributed by atoms with Crippen LogP contribution in [-0.4, -0.2) is 48.7 Å². The van der Waals surface area contributed by atoms with E-state index in [0.29, 0.717) is 31.7 Å². The number of thioether (sulfide) groups is 1. The maximum Gasteiger partial charge on any atom is 0.241 e. The summed E-state index contributed by atoms with van der Waals surface area (Å²) in [6.07, 6.45) is 3.07. The maximum absolute atomic E-state index is 12.7. The number of carbonyl (C=O) groups excluding carboxylic acids is 1. The molecule has 0 bridgehead atoms. The fraction of sp³-hybridized carbons (Fsp3) is 0.500. The lowest BCUT2D eigenvalue weighted by Crippen LogP contribution is -2.47. The van der Waals surface area contributed by atoms with E-state index in [9.17, 15) is 13.2 Å². The zero-order chi connectivity index (χ0) is 21.4. The Bertz CT molecular complexity index is 908. The molecule has 1 atom stereocenters. The standard InChI is InChI=1S/C20H30N4O3S2/c1-15-6-8-18(9-7-15)29(26,27)23-19(10-13-28-4)20(25)21-11-5-12-24-17(3)14-16(2)22-24/h6-9,14,19,23H,5,10-13H2,1-4H3,(H,21,25)/t19-/m0/s1. The van der Waals surface area contributed by atoms with Crippen molar-refractivity contribution >= 4 is 27.7 Å². The number of benzene rings is 1. The van der Waals surface area contributed by atoms with Crippen molar-refractivity contribution in [3.8, 4) is 0 Å². The average molecular weight is 439 g/mol. The highest BCUT2D eigenvalue weighted by Crippen LogP contribution is 2.12. The van der Waals surface area contributed by atoms with Gasteiger partial charge in [0.25, 0.3) is 0 Å². The van der Waals surface area contributed by atoms with Crippen molar-refractivity contribution in [3.05, 3.63) is 47.3 Å². The second-order valence-corrected chi connectivity index (χ2v) is 9.76. The molecule has 0 radical (unpaired) electrons. The third-order valence-corrected chi connectivity index (χ3v) is 6.64. The molecule has 0 spiro atoms. The lowest BCUT2D eigenvalue weighted by molar-refractivity contribution is -0.122. The molecule has 2 aromatic rings. The second-order valence-electron chi connectivity index (χ2n) is 7.06. The van der Waals surface area contributed by atoms with Gasteiger partial charge in [-0.25, -0.2) is 8.42 Å². The Hall–Kier alpha value is -1.84. The van der Waals surface area contributed by atoms with E-state index in [1.54, 1.807) is 36.0 Å². The third kappa shape index (κ3) is 7.17. The Morgan fingerprint density at radius 3 is 2.48 bits per heavy atom. The minimum absolute atomic E-state index is 0.162. The van der Waals surface area contributed by atoms with Gasteiger partial charge in [0, 0.05) is 18.8 Å². The number of aryl methyl sites for hydroxylation is 4. The van der Waals surface area contributed by atoms with E-state index < -0.39 is 16.1 Å². The average Bonchev–Trinajstić information content (AvgIpc) is 2.99. The first-order chi connectivity index (χ1) is 13.7. The number of sulfonamides is 1. The third-order valence-electron chi connectivity index (χ3n) is 4.51. The zero-order valence-electron chi connectivity index (χ0n) is 17.4. The summed E-state index contributed by atoms with van der Waals surface area (Å²) in [6.45, 7) is 6.99. The van der Waals surface area contributed by atoms with Crippen LogP contribution >= 0.6 is 11.8 Å². The maximum atomic E-state index is 12.7. The van der Waals surface area contributed by atoms with Crippen LogP contribution in [0, 0.1) is 20.8 Å². The fourth-order valence-electron chi connectivity index (χ4n) is 2.92. The molecule has 0 unspecified atom stereocenters. The molecule has 1 aromatic carbocycles. The Morgan fingerprint density at radius 1 is 1.21 bits per heavy atom. The molecular weight excluding hydrogens is 408 g/mol. The minimum atomic E-state index is -3.76. The van der Waals surface area contributed by atoms with E-state index in [2.05, 4.69) is 15.1 Å². The number of nitrogens with zero attached hydrogens (tertiary/aromatic N) is 2. The molecule has 1 amide bonds. The second kappa shape index (κ2) is 10.8. The normalized spacial score (nSPS) is 12.7. The molecule has 0 aliphatic heterocycles. The van der Waals surface area contributed by atoms with Crippen LogP contribution in [0.25, 0.3) is 0 Å². The SMILES string of the molecule is CSCC[C@H](NS(=O)(=O)c1ccc(C)cc1)C(=O)NCCCn1nc(C)cc1C. The van der Waals surface area contributed by atoms with Crippen LogP contribution < -0.4 is 10.0 Å².